The lowest BCUT2D eigenvalue weighted by Crippen LogP contribution is -3.12. The van der Waals surface area contributed by atoms with E-state index in [1.807, 2.05) is 0 Å². The number of tetrazole rings is 1. The number of hydrogen-bond acceptors (Lipinski definition) is 3. The third kappa shape index (κ3) is 3.35. The number of nitrogens with zero attached hydrogens (tertiary/aromatic N) is 4. The second-order valence-corrected chi connectivity index (χ2v) is 8.22. The van der Waals surface area contributed by atoms with E-state index >= 15 is 0 Å². The molecule has 1 unspecified atom stereocenters. The first-order chi connectivity index (χ1) is 13.9. The highest BCUT2D eigenvalue weighted by molar-refractivity contribution is 5.28. The Morgan fingerprint density at radius 3 is 2.46 bits per heavy atom. The molecule has 0 amide bonds. The third-order valence-electron chi connectivity index (χ3n) is 6.49. The molecule has 2 atom stereocenters. The van der Waals surface area contributed by atoms with Gasteiger partial charge in [-0.05, 0) is 28.8 Å². The largest absolute Gasteiger partial charge is 0.318 e. The Morgan fingerprint density at radius 2 is 1.64 bits per heavy atom. The maximum absolute atomic E-state index is 4.58. The minimum Gasteiger partial charge on any atom is -0.318 e. The number of rotatable bonds is 4. The van der Waals surface area contributed by atoms with Gasteiger partial charge in [0, 0.05) is 17.5 Å². The Labute approximate surface area is 166 Å². The topological polar surface area (TPSA) is 48.0 Å². The molecule has 28 heavy (non-hydrogen) atoms. The first-order valence-electron chi connectivity index (χ1n) is 10.6. The zero-order valence-electron chi connectivity index (χ0n) is 16.3. The van der Waals surface area contributed by atoms with E-state index in [-0.39, 0.29) is 6.04 Å². The Bertz CT molecular complexity index is 914. The molecule has 5 rings (SSSR count). The highest BCUT2D eigenvalue weighted by Gasteiger charge is 2.35. The minimum atomic E-state index is 0.173. The van der Waals surface area contributed by atoms with Gasteiger partial charge in [0.15, 0.2) is 6.04 Å². The molecule has 1 aromatic heterocycles. The Morgan fingerprint density at radius 1 is 0.893 bits per heavy atom. The first-order valence-corrected chi connectivity index (χ1v) is 10.6. The van der Waals surface area contributed by atoms with Crippen molar-refractivity contribution < 1.29 is 4.90 Å². The molecule has 2 aromatic carbocycles. The van der Waals surface area contributed by atoms with Gasteiger partial charge >= 0.3 is 0 Å². The number of quaternary nitrogens is 1. The zero-order chi connectivity index (χ0) is 18.8. The predicted octanol–water partition coefficient (Wildman–Crippen LogP) is 2.91. The van der Waals surface area contributed by atoms with Crippen LogP contribution in [0.4, 0.5) is 0 Å². The van der Waals surface area contributed by atoms with Crippen LogP contribution < -0.4 is 4.90 Å². The molecule has 144 valence electrons. The van der Waals surface area contributed by atoms with E-state index in [0.717, 1.165) is 25.3 Å². The molecule has 2 heterocycles. The van der Waals surface area contributed by atoms with Gasteiger partial charge in [0.25, 0.3) is 0 Å². The van der Waals surface area contributed by atoms with Crippen LogP contribution in [0.1, 0.15) is 66.7 Å². The van der Waals surface area contributed by atoms with E-state index in [2.05, 4.69) is 74.8 Å². The van der Waals surface area contributed by atoms with Crippen LogP contribution >= 0.6 is 0 Å². The van der Waals surface area contributed by atoms with Crippen LogP contribution in [0.25, 0.3) is 0 Å². The summed E-state index contributed by atoms with van der Waals surface area (Å²) < 4.78 is 2.16. The number of hydrogen-bond donors (Lipinski definition) is 1. The second kappa shape index (κ2) is 7.84. The molecule has 1 N–H and O–H groups in total. The molecular weight excluding hydrogens is 346 g/mol. The molecule has 0 bridgehead atoms. The summed E-state index contributed by atoms with van der Waals surface area (Å²) in [6, 6.07) is 20.3. The van der Waals surface area contributed by atoms with Gasteiger partial charge in [-0.2, -0.15) is 0 Å². The van der Waals surface area contributed by atoms with E-state index in [9.17, 15) is 0 Å². The van der Waals surface area contributed by atoms with Crippen molar-refractivity contribution in [2.24, 2.45) is 0 Å². The van der Waals surface area contributed by atoms with Crippen molar-refractivity contribution in [2.45, 2.75) is 57.2 Å². The highest BCUT2D eigenvalue weighted by atomic mass is 15.6. The molecule has 1 saturated carbocycles. The molecule has 0 spiro atoms. The van der Waals surface area contributed by atoms with Crippen LogP contribution in [0.5, 0.6) is 0 Å². The lowest BCUT2D eigenvalue weighted by Gasteiger charge is -2.33. The van der Waals surface area contributed by atoms with E-state index in [1.54, 1.807) is 0 Å². The maximum atomic E-state index is 4.58. The summed E-state index contributed by atoms with van der Waals surface area (Å²) >= 11 is 0. The van der Waals surface area contributed by atoms with Crippen molar-refractivity contribution >= 4 is 0 Å². The van der Waals surface area contributed by atoms with Crippen LogP contribution in [0.2, 0.25) is 0 Å². The van der Waals surface area contributed by atoms with Gasteiger partial charge in [0.2, 0.25) is 5.82 Å². The quantitative estimate of drug-likeness (QED) is 0.764. The van der Waals surface area contributed by atoms with E-state index in [0.29, 0.717) is 6.04 Å². The van der Waals surface area contributed by atoms with E-state index in [1.165, 1.54) is 53.7 Å². The fraction of sp³-hybridized carbons (Fsp3) is 0.435. The standard InChI is InChI=1S/C23H27N5/c1-3-10-19(11-4-1)22(27-16-15-18-9-7-8-12-20(18)17-27)23-24-25-26-28(23)21-13-5-2-6-14-21/h1,3-4,7-12,21-22H,2,5-6,13-17H2/p+1/t22-/m0/s1. The second-order valence-electron chi connectivity index (χ2n) is 8.22. The molecular formula is C23H28N5+. The van der Waals surface area contributed by atoms with Crippen LogP contribution in [-0.4, -0.2) is 26.8 Å². The molecule has 1 aliphatic heterocycles. The van der Waals surface area contributed by atoms with Crippen molar-refractivity contribution in [1.82, 2.24) is 20.2 Å². The van der Waals surface area contributed by atoms with Crippen LogP contribution in [0.3, 0.4) is 0 Å². The molecule has 5 heteroatoms. The van der Waals surface area contributed by atoms with Gasteiger partial charge in [0.1, 0.15) is 6.54 Å². The van der Waals surface area contributed by atoms with Crippen LogP contribution in [-0.2, 0) is 13.0 Å². The van der Waals surface area contributed by atoms with Crippen LogP contribution in [0.15, 0.2) is 54.6 Å². The van der Waals surface area contributed by atoms with E-state index < -0.39 is 0 Å². The van der Waals surface area contributed by atoms with Crippen molar-refractivity contribution in [2.75, 3.05) is 6.54 Å². The van der Waals surface area contributed by atoms with Gasteiger partial charge < -0.3 is 4.90 Å². The van der Waals surface area contributed by atoms with Crippen molar-refractivity contribution in [1.29, 1.82) is 0 Å². The normalized spacial score (nSPS) is 21.2. The Kier molecular flexibility index (Phi) is 4.92. The molecule has 1 fully saturated rings. The SMILES string of the molecule is c1ccc([C@@H](c2nnnn2C2CCCCC2)[NH+]2CCc3ccccc3C2)cc1. The average molecular weight is 375 g/mol. The lowest BCUT2D eigenvalue weighted by atomic mass is 9.94. The van der Waals surface area contributed by atoms with Crippen molar-refractivity contribution in [3.8, 4) is 0 Å². The molecule has 1 aliphatic carbocycles. The van der Waals surface area contributed by atoms with Gasteiger partial charge in [-0.25, -0.2) is 4.68 Å². The van der Waals surface area contributed by atoms with Crippen molar-refractivity contribution in [3.05, 3.63) is 77.1 Å². The highest BCUT2D eigenvalue weighted by Crippen LogP contribution is 2.30. The fourth-order valence-corrected chi connectivity index (χ4v) is 5.04. The van der Waals surface area contributed by atoms with Crippen LogP contribution in [0, 0.1) is 0 Å². The third-order valence-corrected chi connectivity index (χ3v) is 6.49. The average Bonchev–Trinajstić information content (AvgIpc) is 3.25. The van der Waals surface area contributed by atoms with E-state index in [4.69, 9.17) is 0 Å². The van der Waals surface area contributed by atoms with Gasteiger partial charge in [-0.15, -0.1) is 5.10 Å². The molecule has 5 nitrogen and oxygen atoms in total. The zero-order valence-corrected chi connectivity index (χ0v) is 16.3. The number of nitrogens with one attached hydrogen (secondary N) is 1. The summed E-state index contributed by atoms with van der Waals surface area (Å²) in [6.07, 6.45) is 7.40. The Balaban J connectivity index is 1.53. The number of fused-ring (bicyclic) bond motifs is 1. The molecule has 3 aromatic rings. The number of benzene rings is 2. The minimum absolute atomic E-state index is 0.173. The van der Waals surface area contributed by atoms with Gasteiger partial charge in [-0.3, -0.25) is 0 Å². The summed E-state index contributed by atoms with van der Waals surface area (Å²) in [7, 11) is 0. The first kappa shape index (κ1) is 17.6. The summed E-state index contributed by atoms with van der Waals surface area (Å²) in [5, 5.41) is 13.2. The van der Waals surface area contributed by atoms with Gasteiger partial charge in [-0.1, -0.05) is 73.9 Å². The Hall–Kier alpha value is -2.53. The summed E-state index contributed by atoms with van der Waals surface area (Å²) in [6.45, 7) is 2.13. The summed E-state index contributed by atoms with van der Waals surface area (Å²) in [5.41, 5.74) is 4.26. The van der Waals surface area contributed by atoms with Gasteiger partial charge in [0.05, 0.1) is 12.6 Å². The lowest BCUT2D eigenvalue weighted by molar-refractivity contribution is -0.941. The molecule has 0 saturated heterocycles. The summed E-state index contributed by atoms with van der Waals surface area (Å²) in [4.78, 5) is 1.54. The fourth-order valence-electron chi connectivity index (χ4n) is 5.04. The molecule has 2 aliphatic rings. The maximum Gasteiger partial charge on any atom is 0.214 e. The molecule has 0 radical (unpaired) electrons. The number of aromatic nitrogens is 4. The smallest absolute Gasteiger partial charge is 0.214 e. The monoisotopic (exact) mass is 374 g/mol. The summed E-state index contributed by atoms with van der Waals surface area (Å²) in [5.74, 6) is 1.03. The van der Waals surface area contributed by atoms with Crippen molar-refractivity contribution in [3.63, 3.8) is 0 Å². The predicted molar refractivity (Wildman–Crippen MR) is 108 cm³/mol.